The van der Waals surface area contributed by atoms with Crippen LogP contribution in [0.3, 0.4) is 0 Å². The van der Waals surface area contributed by atoms with Crippen LogP contribution in [0.1, 0.15) is 20.7 Å². The second kappa shape index (κ2) is 9.51. The van der Waals surface area contributed by atoms with Crippen molar-refractivity contribution in [1.29, 1.82) is 0 Å². The Morgan fingerprint density at radius 3 is 2.27 bits per heavy atom. The van der Waals surface area contributed by atoms with Gasteiger partial charge in [0.15, 0.2) is 0 Å². The number of hydrogen-bond acceptors (Lipinski definition) is 5. The average molecular weight is 620 g/mol. The molecule has 0 radical (unpaired) electrons. The number of hydrogen-bond donors (Lipinski definition) is 2. The molecule has 2 aromatic carbocycles. The number of methoxy groups -OCH3 is 2. The second-order valence-electron chi connectivity index (χ2n) is 5.91. The van der Waals surface area contributed by atoms with Crippen LogP contribution in [0.25, 0.3) is 10.4 Å². The van der Waals surface area contributed by atoms with Gasteiger partial charge < -0.3 is 19.9 Å². The van der Waals surface area contributed by atoms with E-state index in [1.165, 1.54) is 18.4 Å². The molecule has 0 aliphatic carbocycles. The minimum atomic E-state index is -1.13. The van der Waals surface area contributed by atoms with Gasteiger partial charge in [0.05, 0.1) is 39.3 Å². The maximum Gasteiger partial charge on any atom is 0.339 e. The lowest BCUT2D eigenvalue weighted by molar-refractivity contribution is 0.0699. The van der Waals surface area contributed by atoms with Gasteiger partial charge in [0.2, 0.25) is 0 Å². The second-order valence-corrected chi connectivity index (χ2v) is 9.23. The van der Waals surface area contributed by atoms with E-state index >= 15 is 0 Å². The molecule has 0 fully saturated rings. The number of carbonyl (C=O) groups excluding carboxylic acids is 1. The molecular weight excluding hydrogens is 606 g/mol. The molecule has 1 heterocycles. The van der Waals surface area contributed by atoms with Gasteiger partial charge >= 0.3 is 5.97 Å². The number of ether oxygens (including phenoxy) is 2. The van der Waals surface area contributed by atoms with Crippen LogP contribution in [0.2, 0.25) is 0 Å². The number of halogens is 3. The van der Waals surface area contributed by atoms with Crippen molar-refractivity contribution in [2.75, 3.05) is 19.5 Å². The van der Waals surface area contributed by atoms with Gasteiger partial charge in [-0.3, -0.25) is 4.79 Å². The van der Waals surface area contributed by atoms with Crippen LogP contribution in [0.5, 0.6) is 11.5 Å². The number of amides is 1. The Labute approximate surface area is 201 Å². The zero-order chi connectivity index (χ0) is 22.0. The maximum atomic E-state index is 12.9. The number of carbonyl (C=O) groups is 2. The summed E-state index contributed by atoms with van der Waals surface area (Å²) < 4.78 is 12.1. The minimum Gasteiger partial charge on any atom is -0.497 e. The van der Waals surface area contributed by atoms with Crippen LogP contribution in [0.15, 0.2) is 49.1 Å². The van der Waals surface area contributed by atoms with Gasteiger partial charge in [-0.25, -0.2) is 4.79 Å². The number of nitrogens with one attached hydrogen (secondary N) is 1. The number of anilines is 1. The summed E-state index contributed by atoms with van der Waals surface area (Å²) in [5.74, 6) is -0.399. The summed E-state index contributed by atoms with van der Waals surface area (Å²) >= 11 is 11.4. The topological polar surface area (TPSA) is 84.9 Å². The first-order valence-electron chi connectivity index (χ1n) is 8.30. The predicted molar refractivity (Wildman–Crippen MR) is 127 cm³/mol. The van der Waals surface area contributed by atoms with Crippen LogP contribution in [-0.2, 0) is 0 Å². The molecule has 3 aromatic rings. The molecule has 2 N–H and O–H groups in total. The van der Waals surface area contributed by atoms with Gasteiger partial charge in [0, 0.05) is 9.85 Å². The van der Waals surface area contributed by atoms with Crippen LogP contribution >= 0.6 is 59.1 Å². The van der Waals surface area contributed by atoms with E-state index < -0.39 is 11.9 Å². The van der Waals surface area contributed by atoms with Gasteiger partial charge in [-0.05, 0) is 83.7 Å². The first-order valence-corrected chi connectivity index (χ1v) is 11.6. The lowest BCUT2D eigenvalue weighted by Gasteiger charge is -2.13. The standard InChI is InChI=1S/C20H14Br3NO5S/c1-28-10-5-3-9(4-6-10)18-14(20(26)27)13(8-30-18)24-19(25)11-7-12(21)17(29-2)16(23)15(11)22/h3-8H,1-2H3,(H,24,25)(H,26,27). The van der Waals surface area contributed by atoms with Crippen molar-refractivity contribution in [1.82, 2.24) is 0 Å². The molecule has 0 aliphatic rings. The summed E-state index contributed by atoms with van der Waals surface area (Å²) in [7, 11) is 3.08. The smallest absolute Gasteiger partial charge is 0.339 e. The highest BCUT2D eigenvalue weighted by molar-refractivity contribution is 9.13. The van der Waals surface area contributed by atoms with Crippen molar-refractivity contribution in [3.63, 3.8) is 0 Å². The molecule has 156 valence electrons. The summed E-state index contributed by atoms with van der Waals surface area (Å²) in [5, 5.41) is 14.1. The fraction of sp³-hybridized carbons (Fsp3) is 0.100. The predicted octanol–water partition coefficient (Wildman–Crippen LogP) is 6.67. The zero-order valence-corrected chi connectivity index (χ0v) is 21.2. The minimum absolute atomic E-state index is 0.0290. The van der Waals surface area contributed by atoms with Crippen LogP contribution in [-0.4, -0.2) is 31.2 Å². The molecule has 10 heteroatoms. The highest BCUT2D eigenvalue weighted by atomic mass is 79.9. The van der Waals surface area contributed by atoms with Crippen LogP contribution < -0.4 is 14.8 Å². The summed E-state index contributed by atoms with van der Waals surface area (Å²) in [4.78, 5) is 25.4. The van der Waals surface area contributed by atoms with E-state index in [0.717, 1.165) is 5.56 Å². The third-order valence-corrected chi connectivity index (χ3v) is 7.90. The summed E-state index contributed by atoms with van der Waals surface area (Å²) in [6.45, 7) is 0. The van der Waals surface area contributed by atoms with Crippen molar-refractivity contribution in [3.8, 4) is 21.9 Å². The van der Waals surface area contributed by atoms with Crippen LogP contribution in [0, 0.1) is 0 Å². The Kier molecular flexibility index (Phi) is 7.22. The quantitative estimate of drug-likeness (QED) is 0.301. The van der Waals surface area contributed by atoms with E-state index in [1.54, 1.807) is 42.8 Å². The Morgan fingerprint density at radius 2 is 1.70 bits per heavy atom. The molecule has 0 saturated heterocycles. The van der Waals surface area contributed by atoms with Crippen molar-refractivity contribution < 1.29 is 24.2 Å². The first kappa shape index (κ1) is 22.8. The van der Waals surface area contributed by atoms with E-state index in [2.05, 4.69) is 53.1 Å². The van der Waals surface area contributed by atoms with Gasteiger partial charge in [0.25, 0.3) is 5.91 Å². The SMILES string of the molecule is COc1ccc(-c2scc(NC(=O)c3cc(Br)c(OC)c(Br)c3Br)c2C(=O)O)cc1. The Balaban J connectivity index is 1.98. The molecule has 0 atom stereocenters. The Morgan fingerprint density at radius 1 is 1.03 bits per heavy atom. The molecular formula is C20H14Br3NO5S. The molecule has 0 saturated carbocycles. The first-order chi connectivity index (χ1) is 14.3. The molecule has 0 spiro atoms. The highest BCUT2D eigenvalue weighted by Gasteiger charge is 2.24. The van der Waals surface area contributed by atoms with Gasteiger partial charge in [-0.2, -0.15) is 0 Å². The van der Waals surface area contributed by atoms with E-state index in [1.807, 2.05) is 0 Å². The number of thiophene rings is 1. The fourth-order valence-electron chi connectivity index (χ4n) is 2.74. The highest BCUT2D eigenvalue weighted by Crippen LogP contribution is 2.42. The van der Waals surface area contributed by atoms with Crippen LogP contribution in [0.4, 0.5) is 5.69 Å². The zero-order valence-electron chi connectivity index (χ0n) is 15.6. The van der Waals surface area contributed by atoms with Crippen molar-refractivity contribution >= 4 is 76.7 Å². The summed E-state index contributed by atoms with van der Waals surface area (Å²) in [6, 6.07) is 8.65. The van der Waals surface area contributed by atoms with Gasteiger partial charge in [-0.1, -0.05) is 0 Å². The van der Waals surface area contributed by atoms with E-state index in [0.29, 0.717) is 35.4 Å². The van der Waals surface area contributed by atoms with E-state index in [-0.39, 0.29) is 11.3 Å². The third kappa shape index (κ3) is 4.41. The van der Waals surface area contributed by atoms with Gasteiger partial charge in [0.1, 0.15) is 17.1 Å². The number of benzene rings is 2. The Hall–Kier alpha value is -1.88. The number of carboxylic acids is 1. The molecule has 0 unspecified atom stereocenters. The molecule has 0 aliphatic heterocycles. The number of rotatable bonds is 6. The lowest BCUT2D eigenvalue weighted by Crippen LogP contribution is -2.15. The lowest BCUT2D eigenvalue weighted by atomic mass is 10.1. The largest absolute Gasteiger partial charge is 0.497 e. The van der Waals surface area contributed by atoms with E-state index in [4.69, 9.17) is 9.47 Å². The molecule has 3 rings (SSSR count). The number of aromatic carboxylic acids is 1. The molecule has 1 aromatic heterocycles. The fourth-order valence-corrected chi connectivity index (χ4v) is 5.66. The summed E-state index contributed by atoms with van der Waals surface area (Å²) in [5.41, 5.74) is 1.28. The van der Waals surface area contributed by atoms with Gasteiger partial charge in [-0.15, -0.1) is 11.3 Å². The Bertz CT molecular complexity index is 1130. The van der Waals surface area contributed by atoms with Crippen molar-refractivity contribution in [2.45, 2.75) is 0 Å². The molecule has 30 heavy (non-hydrogen) atoms. The molecule has 6 nitrogen and oxygen atoms in total. The maximum absolute atomic E-state index is 12.9. The molecule has 0 bridgehead atoms. The average Bonchev–Trinajstić information content (AvgIpc) is 3.14. The van der Waals surface area contributed by atoms with E-state index in [9.17, 15) is 14.7 Å². The summed E-state index contributed by atoms with van der Waals surface area (Å²) in [6.07, 6.45) is 0. The van der Waals surface area contributed by atoms with Crippen molar-refractivity contribution in [3.05, 3.63) is 60.3 Å². The number of carboxylic acid groups (broad SMARTS) is 1. The third-order valence-electron chi connectivity index (χ3n) is 4.17. The van der Waals surface area contributed by atoms with Crippen molar-refractivity contribution in [2.24, 2.45) is 0 Å². The molecule has 1 amide bonds. The normalized spacial score (nSPS) is 10.6. The monoisotopic (exact) mass is 617 g/mol.